The first-order valence-electron chi connectivity index (χ1n) is 5.77. The molecule has 4 nitrogen and oxygen atoms in total. The fourth-order valence-electron chi connectivity index (χ4n) is 2.11. The number of hydrogen-bond acceptors (Lipinski definition) is 3. The molecule has 1 aliphatic rings. The second kappa shape index (κ2) is 4.88. The Hall–Kier alpha value is -2.02. The van der Waals surface area contributed by atoms with Crippen molar-refractivity contribution < 1.29 is 4.79 Å². The summed E-state index contributed by atoms with van der Waals surface area (Å²) in [4.78, 5) is 13.5. The Balaban J connectivity index is 2.23. The molecule has 1 saturated heterocycles. The number of carbonyl (C=O) groups is 1. The lowest BCUT2D eigenvalue weighted by molar-refractivity contribution is -0.133. The van der Waals surface area contributed by atoms with Gasteiger partial charge >= 0.3 is 0 Å². The Morgan fingerprint density at radius 2 is 2.24 bits per heavy atom. The summed E-state index contributed by atoms with van der Waals surface area (Å²) in [6, 6.07) is 7.39. The molecule has 1 fully saturated rings. The minimum atomic E-state index is 0.156. The number of likely N-dealkylation sites (tertiary alicyclic amines) is 1. The van der Waals surface area contributed by atoms with Gasteiger partial charge in [0.05, 0.1) is 11.6 Å². The number of nitrogens with two attached hydrogens (primary N) is 1. The van der Waals surface area contributed by atoms with Gasteiger partial charge in [-0.2, -0.15) is 5.26 Å². The highest BCUT2D eigenvalue weighted by Crippen LogP contribution is 2.21. The van der Waals surface area contributed by atoms with E-state index in [1.807, 2.05) is 0 Å². The maximum absolute atomic E-state index is 11.7. The number of nitrogen functional groups attached to an aromatic ring is 1. The van der Waals surface area contributed by atoms with Crippen LogP contribution >= 0.6 is 0 Å². The molecule has 0 radical (unpaired) electrons. The van der Waals surface area contributed by atoms with Gasteiger partial charge in [0.2, 0.25) is 5.91 Å². The van der Waals surface area contributed by atoms with Crippen molar-refractivity contribution in [1.82, 2.24) is 4.90 Å². The molecule has 0 spiro atoms. The molecule has 1 amide bonds. The van der Waals surface area contributed by atoms with Crippen LogP contribution in [0.4, 0.5) is 5.69 Å². The summed E-state index contributed by atoms with van der Waals surface area (Å²) in [7, 11) is 0. The van der Waals surface area contributed by atoms with Crippen LogP contribution < -0.4 is 5.73 Å². The molecule has 0 aliphatic carbocycles. The summed E-state index contributed by atoms with van der Waals surface area (Å²) < 4.78 is 0. The molecule has 88 valence electrons. The van der Waals surface area contributed by atoms with Crippen LogP contribution in [0.15, 0.2) is 18.2 Å². The number of nitrogens with zero attached hydrogens (tertiary/aromatic N) is 2. The highest BCUT2D eigenvalue weighted by atomic mass is 16.2. The number of carbonyl (C=O) groups excluding carboxylic acids is 1. The number of rotatable bonds is 2. The summed E-state index contributed by atoms with van der Waals surface area (Å²) in [5, 5.41) is 9.03. The Morgan fingerprint density at radius 1 is 1.41 bits per heavy atom. The average molecular weight is 229 g/mol. The Labute approximate surface area is 101 Å². The fraction of sp³-hybridized carbons (Fsp3) is 0.385. The molecule has 0 atom stereocenters. The third-order valence-electron chi connectivity index (χ3n) is 3.10. The zero-order chi connectivity index (χ0) is 12.3. The molecule has 1 aromatic rings. The molecular weight excluding hydrogens is 214 g/mol. The topological polar surface area (TPSA) is 70.1 Å². The van der Waals surface area contributed by atoms with Crippen molar-refractivity contribution >= 4 is 11.6 Å². The van der Waals surface area contributed by atoms with Crippen LogP contribution in [0.1, 0.15) is 30.4 Å². The summed E-state index contributed by atoms with van der Waals surface area (Å²) in [6.07, 6.45) is 2.60. The van der Waals surface area contributed by atoms with Gasteiger partial charge in [0.15, 0.2) is 0 Å². The second-order valence-corrected chi connectivity index (χ2v) is 4.26. The summed E-state index contributed by atoms with van der Waals surface area (Å²) >= 11 is 0. The average Bonchev–Trinajstić information content (AvgIpc) is 2.34. The van der Waals surface area contributed by atoms with E-state index in [4.69, 9.17) is 11.0 Å². The molecule has 1 heterocycles. The third kappa shape index (κ3) is 2.39. The molecule has 4 heteroatoms. The van der Waals surface area contributed by atoms with Gasteiger partial charge in [-0.15, -0.1) is 0 Å². The van der Waals surface area contributed by atoms with Crippen LogP contribution in [0.2, 0.25) is 0 Å². The molecule has 0 saturated carbocycles. The maximum Gasteiger partial charge on any atom is 0.222 e. The summed E-state index contributed by atoms with van der Waals surface area (Å²) in [6.45, 7) is 1.21. The highest BCUT2D eigenvalue weighted by Gasteiger charge is 2.20. The van der Waals surface area contributed by atoms with Crippen molar-refractivity contribution in [3.63, 3.8) is 0 Å². The van der Waals surface area contributed by atoms with Crippen molar-refractivity contribution in [2.75, 3.05) is 12.3 Å². The summed E-state index contributed by atoms with van der Waals surface area (Å²) in [5.41, 5.74) is 7.78. The molecule has 0 unspecified atom stereocenters. The minimum Gasteiger partial charge on any atom is -0.398 e. The van der Waals surface area contributed by atoms with Crippen LogP contribution in [0, 0.1) is 11.3 Å². The predicted molar refractivity (Wildman–Crippen MR) is 64.8 cm³/mol. The molecular formula is C13H15N3O. The Bertz CT molecular complexity index is 476. The van der Waals surface area contributed by atoms with Gasteiger partial charge in [-0.05, 0) is 25.0 Å². The van der Waals surface area contributed by atoms with Crippen molar-refractivity contribution in [2.24, 2.45) is 0 Å². The van der Waals surface area contributed by atoms with Gasteiger partial charge in [-0.25, -0.2) is 0 Å². The first-order valence-corrected chi connectivity index (χ1v) is 5.77. The second-order valence-electron chi connectivity index (χ2n) is 4.26. The van der Waals surface area contributed by atoms with E-state index in [1.54, 1.807) is 23.1 Å². The van der Waals surface area contributed by atoms with Crippen molar-refractivity contribution in [2.45, 2.75) is 25.8 Å². The van der Waals surface area contributed by atoms with E-state index in [1.165, 1.54) is 0 Å². The van der Waals surface area contributed by atoms with E-state index in [0.29, 0.717) is 24.2 Å². The number of amides is 1. The van der Waals surface area contributed by atoms with Crippen molar-refractivity contribution in [1.29, 1.82) is 5.26 Å². The Kier molecular flexibility index (Phi) is 3.29. The van der Waals surface area contributed by atoms with E-state index < -0.39 is 0 Å². The molecule has 1 aliphatic heterocycles. The largest absolute Gasteiger partial charge is 0.398 e. The normalized spacial score (nSPS) is 15.7. The first kappa shape index (κ1) is 11.5. The standard InChI is InChI=1S/C13H15N3O/c14-8-10-4-3-5-12(15)11(10)9-16-7-2-1-6-13(16)17/h3-5H,1-2,6-7,9,15H2. The van der Waals surface area contributed by atoms with Crippen LogP contribution in [-0.4, -0.2) is 17.4 Å². The number of hydrogen-bond donors (Lipinski definition) is 1. The molecule has 2 N–H and O–H groups in total. The number of anilines is 1. The molecule has 17 heavy (non-hydrogen) atoms. The van der Waals surface area contributed by atoms with E-state index in [2.05, 4.69) is 6.07 Å². The molecule has 0 bridgehead atoms. The summed E-state index contributed by atoms with van der Waals surface area (Å²) in [5.74, 6) is 0.156. The predicted octanol–water partition coefficient (Wildman–Crippen LogP) is 1.65. The molecule has 0 aromatic heterocycles. The zero-order valence-electron chi connectivity index (χ0n) is 9.65. The lowest BCUT2D eigenvalue weighted by Crippen LogP contribution is -2.35. The Morgan fingerprint density at radius 3 is 2.94 bits per heavy atom. The van der Waals surface area contributed by atoms with Crippen molar-refractivity contribution in [3.05, 3.63) is 29.3 Å². The third-order valence-corrected chi connectivity index (χ3v) is 3.10. The van der Waals surface area contributed by atoms with Gasteiger partial charge in [-0.3, -0.25) is 4.79 Å². The number of benzene rings is 1. The van der Waals surface area contributed by atoms with E-state index in [-0.39, 0.29) is 5.91 Å². The first-order chi connectivity index (χ1) is 8.22. The van der Waals surface area contributed by atoms with Gasteiger partial charge in [0.1, 0.15) is 0 Å². The van der Waals surface area contributed by atoms with Crippen molar-refractivity contribution in [3.8, 4) is 6.07 Å². The smallest absolute Gasteiger partial charge is 0.222 e. The fourth-order valence-corrected chi connectivity index (χ4v) is 2.11. The zero-order valence-corrected chi connectivity index (χ0v) is 9.65. The van der Waals surface area contributed by atoms with E-state index >= 15 is 0 Å². The van der Waals surface area contributed by atoms with Crippen LogP contribution in [0.3, 0.4) is 0 Å². The van der Waals surface area contributed by atoms with Crippen LogP contribution in [-0.2, 0) is 11.3 Å². The highest BCUT2D eigenvalue weighted by molar-refractivity contribution is 5.77. The van der Waals surface area contributed by atoms with Gasteiger partial charge < -0.3 is 10.6 Å². The molecule has 2 rings (SSSR count). The monoisotopic (exact) mass is 229 g/mol. The van der Waals surface area contributed by atoms with Gasteiger partial charge in [0.25, 0.3) is 0 Å². The quantitative estimate of drug-likeness (QED) is 0.784. The lowest BCUT2D eigenvalue weighted by Gasteiger charge is -2.27. The van der Waals surface area contributed by atoms with Crippen LogP contribution in [0.5, 0.6) is 0 Å². The maximum atomic E-state index is 11.7. The number of piperidine rings is 1. The lowest BCUT2D eigenvalue weighted by atomic mass is 10.0. The minimum absolute atomic E-state index is 0.156. The number of nitriles is 1. The van der Waals surface area contributed by atoms with Gasteiger partial charge in [0, 0.05) is 30.8 Å². The van der Waals surface area contributed by atoms with Gasteiger partial charge in [-0.1, -0.05) is 6.07 Å². The van der Waals surface area contributed by atoms with E-state index in [9.17, 15) is 4.79 Å². The van der Waals surface area contributed by atoms with E-state index in [0.717, 1.165) is 24.9 Å². The SMILES string of the molecule is N#Cc1cccc(N)c1CN1CCCCC1=O. The van der Waals surface area contributed by atoms with Crippen LogP contribution in [0.25, 0.3) is 0 Å². The molecule has 1 aromatic carbocycles.